The van der Waals surface area contributed by atoms with Crippen molar-refractivity contribution in [2.24, 2.45) is 52.3 Å². The Bertz CT molecular complexity index is 659. The first kappa shape index (κ1) is 22.9. The molecule has 4 rings (SSSR count). The van der Waals surface area contributed by atoms with Gasteiger partial charge in [-0.05, 0) is 137 Å². The summed E-state index contributed by atoms with van der Waals surface area (Å²) in [5, 5.41) is 10.5. The maximum Gasteiger partial charge on any atom is 0.0568 e. The van der Waals surface area contributed by atoms with Gasteiger partial charge in [0.1, 0.15) is 0 Å². The normalized spacial score (nSPS) is 49.0. The van der Waals surface area contributed by atoms with Crippen molar-refractivity contribution in [3.05, 3.63) is 11.1 Å². The van der Waals surface area contributed by atoms with Crippen LogP contribution in [-0.4, -0.2) is 11.2 Å². The molecule has 0 spiro atoms. The van der Waals surface area contributed by atoms with Crippen molar-refractivity contribution in [3.8, 4) is 0 Å². The smallest absolute Gasteiger partial charge is 0.0568 e. The molecule has 4 fully saturated rings. The molecule has 0 bridgehead atoms. The van der Waals surface area contributed by atoms with Crippen molar-refractivity contribution in [2.45, 2.75) is 119 Å². The van der Waals surface area contributed by atoms with Crippen LogP contribution in [0.15, 0.2) is 11.1 Å². The number of hydrogen-bond donors (Lipinski definition) is 1. The molecule has 0 amide bonds. The Labute approximate surface area is 187 Å². The van der Waals surface area contributed by atoms with Gasteiger partial charge in [0, 0.05) is 0 Å². The van der Waals surface area contributed by atoms with Gasteiger partial charge < -0.3 is 5.11 Å². The van der Waals surface area contributed by atoms with Crippen LogP contribution in [0.25, 0.3) is 0 Å². The third-order valence-corrected chi connectivity index (χ3v) is 11.8. The SMILES string of the molecule is CC(C)=C(C)CC[C@@H](C)[C@H]1CC[C@H]2[C@@H]3CC[C@H]4[C@H](C)[C@@H](O)CC[C@]4(C)[C@H]3CC[C@]12C. The molecule has 10 atom stereocenters. The molecule has 4 aliphatic rings. The summed E-state index contributed by atoms with van der Waals surface area (Å²) >= 11 is 0. The lowest BCUT2D eigenvalue weighted by Gasteiger charge is -2.62. The summed E-state index contributed by atoms with van der Waals surface area (Å²) in [6.45, 7) is 17.2. The summed E-state index contributed by atoms with van der Waals surface area (Å²) in [5.74, 6) is 5.92. The van der Waals surface area contributed by atoms with Crippen LogP contribution in [0, 0.1) is 52.3 Å². The van der Waals surface area contributed by atoms with Gasteiger partial charge in [-0.15, -0.1) is 0 Å². The van der Waals surface area contributed by atoms with Crippen molar-refractivity contribution >= 4 is 0 Å². The van der Waals surface area contributed by atoms with Gasteiger partial charge in [0.25, 0.3) is 0 Å². The summed E-state index contributed by atoms with van der Waals surface area (Å²) < 4.78 is 0. The van der Waals surface area contributed by atoms with Crippen molar-refractivity contribution in [2.75, 3.05) is 0 Å². The fourth-order valence-corrected chi connectivity index (χ4v) is 9.58. The molecule has 4 aliphatic carbocycles. The number of rotatable bonds is 4. The highest BCUT2D eigenvalue weighted by Gasteiger charge is 2.61. The van der Waals surface area contributed by atoms with Gasteiger partial charge in [-0.2, -0.15) is 0 Å². The summed E-state index contributed by atoms with van der Waals surface area (Å²) in [6, 6.07) is 0. The number of hydrogen-bond acceptors (Lipinski definition) is 1. The monoisotopic (exact) mass is 414 g/mol. The van der Waals surface area contributed by atoms with Crippen LogP contribution in [0.4, 0.5) is 0 Å². The number of fused-ring (bicyclic) bond motifs is 5. The van der Waals surface area contributed by atoms with Crippen LogP contribution in [0.5, 0.6) is 0 Å². The van der Waals surface area contributed by atoms with E-state index in [0.717, 1.165) is 41.9 Å². The van der Waals surface area contributed by atoms with Gasteiger partial charge in [0.05, 0.1) is 6.10 Å². The van der Waals surface area contributed by atoms with Gasteiger partial charge in [0.15, 0.2) is 0 Å². The second-order valence-corrected chi connectivity index (χ2v) is 13.1. The standard InChI is InChI=1S/C29H50O/c1-18(2)19(3)8-9-20(4)23-12-13-25-22-10-11-24-21(5)27(30)15-17-29(24,7)26(22)14-16-28(23,25)6/h20-27,30H,8-17H2,1-7H3/t20-,21+,22+,23-,24+,25+,26+,27+,28-,29+/m1/s1. The summed E-state index contributed by atoms with van der Waals surface area (Å²) in [7, 11) is 0. The molecule has 1 heteroatoms. The Hall–Kier alpha value is -0.300. The van der Waals surface area contributed by atoms with E-state index in [2.05, 4.69) is 48.5 Å². The fourth-order valence-electron chi connectivity index (χ4n) is 9.58. The van der Waals surface area contributed by atoms with Crippen molar-refractivity contribution in [3.63, 3.8) is 0 Å². The first-order valence-electron chi connectivity index (χ1n) is 13.4. The molecule has 0 aromatic heterocycles. The zero-order chi connectivity index (χ0) is 21.8. The lowest BCUT2D eigenvalue weighted by Crippen LogP contribution is -2.56. The minimum Gasteiger partial charge on any atom is -0.393 e. The molecule has 4 saturated carbocycles. The van der Waals surface area contributed by atoms with Crippen LogP contribution in [-0.2, 0) is 0 Å². The van der Waals surface area contributed by atoms with E-state index >= 15 is 0 Å². The van der Waals surface area contributed by atoms with Crippen LogP contribution in [0.3, 0.4) is 0 Å². The van der Waals surface area contributed by atoms with Crippen molar-refractivity contribution in [1.82, 2.24) is 0 Å². The molecular formula is C29H50O. The molecule has 0 saturated heterocycles. The van der Waals surface area contributed by atoms with Crippen molar-refractivity contribution in [1.29, 1.82) is 0 Å². The largest absolute Gasteiger partial charge is 0.393 e. The maximum atomic E-state index is 10.5. The summed E-state index contributed by atoms with van der Waals surface area (Å²) in [4.78, 5) is 0. The lowest BCUT2D eigenvalue weighted by atomic mass is 9.43. The van der Waals surface area contributed by atoms with E-state index in [9.17, 15) is 5.11 Å². The molecule has 0 aromatic rings. The molecule has 30 heavy (non-hydrogen) atoms. The Balaban J connectivity index is 1.49. The molecule has 0 radical (unpaired) electrons. The van der Waals surface area contributed by atoms with Gasteiger partial charge in [-0.3, -0.25) is 0 Å². The number of aliphatic hydroxyl groups is 1. The molecule has 1 N–H and O–H groups in total. The van der Waals surface area contributed by atoms with E-state index < -0.39 is 0 Å². The van der Waals surface area contributed by atoms with E-state index in [4.69, 9.17) is 0 Å². The predicted molar refractivity (Wildman–Crippen MR) is 128 cm³/mol. The van der Waals surface area contributed by atoms with Crippen LogP contribution < -0.4 is 0 Å². The maximum absolute atomic E-state index is 10.5. The summed E-state index contributed by atoms with van der Waals surface area (Å²) in [5.41, 5.74) is 4.22. The highest BCUT2D eigenvalue weighted by Crippen LogP contribution is 2.68. The zero-order valence-electron chi connectivity index (χ0n) is 21.1. The van der Waals surface area contributed by atoms with Crippen molar-refractivity contribution < 1.29 is 5.11 Å². The molecule has 0 aliphatic heterocycles. The van der Waals surface area contributed by atoms with Gasteiger partial charge >= 0.3 is 0 Å². The van der Waals surface area contributed by atoms with E-state index in [1.54, 1.807) is 5.57 Å². The minimum absolute atomic E-state index is 0.0468. The van der Waals surface area contributed by atoms with Gasteiger partial charge in [0.2, 0.25) is 0 Å². The van der Waals surface area contributed by atoms with Gasteiger partial charge in [-0.25, -0.2) is 0 Å². The topological polar surface area (TPSA) is 20.2 Å². The first-order chi connectivity index (χ1) is 14.1. The average molecular weight is 415 g/mol. The molecule has 172 valence electrons. The highest BCUT2D eigenvalue weighted by atomic mass is 16.3. The molecule has 0 unspecified atom stereocenters. The third kappa shape index (κ3) is 3.54. The van der Waals surface area contributed by atoms with Crippen LogP contribution in [0.2, 0.25) is 0 Å². The quantitative estimate of drug-likeness (QED) is 0.462. The fraction of sp³-hybridized carbons (Fsp3) is 0.931. The first-order valence-corrected chi connectivity index (χ1v) is 13.4. The number of aliphatic hydroxyl groups excluding tert-OH is 1. The Kier molecular flexibility index (Phi) is 6.28. The lowest BCUT2D eigenvalue weighted by molar-refractivity contribution is -0.149. The molecule has 0 heterocycles. The molecular weight excluding hydrogens is 364 g/mol. The highest BCUT2D eigenvalue weighted by molar-refractivity contribution is 5.11. The molecule has 1 nitrogen and oxygen atoms in total. The summed E-state index contributed by atoms with van der Waals surface area (Å²) in [6.07, 6.45) is 13.7. The van der Waals surface area contributed by atoms with Crippen LogP contribution >= 0.6 is 0 Å². The van der Waals surface area contributed by atoms with Crippen LogP contribution in [0.1, 0.15) is 113 Å². The van der Waals surface area contributed by atoms with E-state index in [0.29, 0.717) is 16.7 Å². The average Bonchev–Trinajstić information content (AvgIpc) is 3.06. The van der Waals surface area contributed by atoms with E-state index in [-0.39, 0.29) is 6.10 Å². The Morgan fingerprint density at radius 1 is 0.867 bits per heavy atom. The number of allylic oxidation sites excluding steroid dienone is 2. The Morgan fingerprint density at radius 2 is 1.50 bits per heavy atom. The second kappa shape index (κ2) is 8.24. The predicted octanol–water partition coefficient (Wildman–Crippen LogP) is 8.02. The molecule has 0 aromatic carbocycles. The second-order valence-electron chi connectivity index (χ2n) is 13.1. The Morgan fingerprint density at radius 3 is 2.20 bits per heavy atom. The zero-order valence-corrected chi connectivity index (χ0v) is 21.1. The van der Waals surface area contributed by atoms with Gasteiger partial charge in [-0.1, -0.05) is 38.8 Å². The third-order valence-electron chi connectivity index (χ3n) is 11.8. The van der Waals surface area contributed by atoms with E-state index in [1.807, 2.05) is 0 Å². The minimum atomic E-state index is -0.0468. The van der Waals surface area contributed by atoms with E-state index in [1.165, 1.54) is 63.4 Å².